The summed E-state index contributed by atoms with van der Waals surface area (Å²) in [6.07, 6.45) is 6.14. The van der Waals surface area contributed by atoms with Gasteiger partial charge in [-0.25, -0.2) is 20.2 Å². The van der Waals surface area contributed by atoms with Gasteiger partial charge in [0.05, 0.1) is 23.6 Å². The van der Waals surface area contributed by atoms with Crippen LogP contribution in [-0.4, -0.2) is 22.0 Å². The quantitative estimate of drug-likeness (QED) is 0.352. The monoisotopic (exact) mass is 422 g/mol. The van der Waals surface area contributed by atoms with E-state index in [4.69, 9.17) is 16.3 Å². The molecule has 1 fully saturated rings. The number of hydrogen-bond donors (Lipinski definition) is 4. The Balaban J connectivity index is 1.50. The minimum Gasteiger partial charge on any atom is -0.490 e. The highest BCUT2D eigenvalue weighted by atomic mass is 19.1. The van der Waals surface area contributed by atoms with Crippen molar-refractivity contribution in [2.24, 2.45) is 5.84 Å². The summed E-state index contributed by atoms with van der Waals surface area (Å²) in [5.41, 5.74) is 9.21. The number of rotatable bonds is 6. The molecule has 160 valence electrons. The zero-order valence-corrected chi connectivity index (χ0v) is 16.8. The summed E-state index contributed by atoms with van der Waals surface area (Å²) in [7, 11) is 0. The third-order valence-electron chi connectivity index (χ3n) is 5.14. The van der Waals surface area contributed by atoms with Crippen molar-refractivity contribution in [1.29, 1.82) is 0 Å². The van der Waals surface area contributed by atoms with E-state index in [1.807, 2.05) is 0 Å². The molecule has 1 amide bonds. The number of aromatic nitrogens is 2. The van der Waals surface area contributed by atoms with Crippen LogP contribution in [0.15, 0.2) is 48.7 Å². The number of nitrogens with one attached hydrogen (secondary N) is 2. The maximum Gasteiger partial charge on any atom is 0.258 e. The van der Waals surface area contributed by atoms with Crippen LogP contribution in [0.3, 0.4) is 0 Å². The Bertz CT molecular complexity index is 1080. The Hall–Kier alpha value is -3.72. The Morgan fingerprint density at radius 3 is 2.58 bits per heavy atom. The van der Waals surface area contributed by atoms with Crippen molar-refractivity contribution in [3.8, 4) is 17.1 Å². The standard InChI is InChI=1S/C22H23FN6O2/c23-18-10-5-13(20-26-12-19(24)21(28-20)29-25)11-17(18)22(30)27-14-6-8-16(9-7-14)31-15-3-1-2-4-15/h5-12,15H,1-4,24-25H2,(H,27,30)(H,26,28,29). The first kappa shape index (κ1) is 20.5. The van der Waals surface area contributed by atoms with Gasteiger partial charge in [0.15, 0.2) is 11.6 Å². The molecular formula is C22H23FN6O2. The Morgan fingerprint density at radius 1 is 1.13 bits per heavy atom. The predicted octanol–water partition coefficient (Wildman–Crippen LogP) is 3.72. The molecule has 0 bridgehead atoms. The molecule has 1 heterocycles. The molecule has 1 aliphatic carbocycles. The van der Waals surface area contributed by atoms with Crippen LogP contribution in [0, 0.1) is 5.82 Å². The van der Waals surface area contributed by atoms with Crippen molar-refractivity contribution in [3.63, 3.8) is 0 Å². The molecule has 1 aliphatic rings. The second-order valence-electron chi connectivity index (χ2n) is 7.34. The van der Waals surface area contributed by atoms with E-state index in [9.17, 15) is 9.18 Å². The van der Waals surface area contributed by atoms with E-state index >= 15 is 0 Å². The van der Waals surface area contributed by atoms with E-state index < -0.39 is 11.7 Å². The zero-order chi connectivity index (χ0) is 21.8. The number of halogens is 1. The van der Waals surface area contributed by atoms with E-state index in [1.54, 1.807) is 24.3 Å². The molecule has 6 N–H and O–H groups in total. The maximum atomic E-state index is 14.4. The van der Waals surface area contributed by atoms with Gasteiger partial charge in [-0.15, -0.1) is 0 Å². The summed E-state index contributed by atoms with van der Waals surface area (Å²) in [6.45, 7) is 0. The lowest BCUT2D eigenvalue weighted by atomic mass is 10.1. The summed E-state index contributed by atoms with van der Waals surface area (Å²) in [6, 6.07) is 11.1. The van der Waals surface area contributed by atoms with Crippen LogP contribution in [0.1, 0.15) is 36.0 Å². The summed E-state index contributed by atoms with van der Waals surface area (Å²) in [5, 5.41) is 2.70. The number of hydrazine groups is 1. The predicted molar refractivity (Wildman–Crippen MR) is 117 cm³/mol. The first-order chi connectivity index (χ1) is 15.0. The second-order valence-corrected chi connectivity index (χ2v) is 7.34. The van der Waals surface area contributed by atoms with E-state index in [-0.39, 0.29) is 29.0 Å². The molecule has 1 aromatic heterocycles. The Labute approximate surface area is 178 Å². The van der Waals surface area contributed by atoms with E-state index in [0.717, 1.165) is 18.6 Å². The lowest BCUT2D eigenvalue weighted by Crippen LogP contribution is -2.15. The number of carbonyl (C=O) groups is 1. The number of benzene rings is 2. The molecular weight excluding hydrogens is 399 g/mol. The van der Waals surface area contributed by atoms with Crippen molar-refractivity contribution < 1.29 is 13.9 Å². The fourth-order valence-corrected chi connectivity index (χ4v) is 3.50. The van der Waals surface area contributed by atoms with Gasteiger partial charge in [0.25, 0.3) is 5.91 Å². The van der Waals surface area contributed by atoms with Crippen molar-refractivity contribution in [2.45, 2.75) is 31.8 Å². The molecule has 9 heteroatoms. The summed E-state index contributed by atoms with van der Waals surface area (Å²) < 4.78 is 20.3. The van der Waals surface area contributed by atoms with Gasteiger partial charge in [-0.2, -0.15) is 0 Å². The summed E-state index contributed by atoms with van der Waals surface area (Å²) in [4.78, 5) is 21.0. The summed E-state index contributed by atoms with van der Waals surface area (Å²) in [5.74, 6) is 5.39. The number of nitrogens with two attached hydrogens (primary N) is 2. The fourth-order valence-electron chi connectivity index (χ4n) is 3.50. The number of carbonyl (C=O) groups excluding carboxylic acids is 1. The molecule has 0 saturated heterocycles. The molecule has 3 aromatic rings. The number of hydrogen-bond acceptors (Lipinski definition) is 7. The molecule has 0 atom stereocenters. The van der Waals surface area contributed by atoms with Gasteiger partial charge in [0, 0.05) is 11.3 Å². The van der Waals surface area contributed by atoms with Crippen LogP contribution in [-0.2, 0) is 0 Å². The highest BCUT2D eigenvalue weighted by Gasteiger charge is 2.17. The number of nitrogen functional groups attached to an aromatic ring is 2. The molecule has 0 unspecified atom stereocenters. The topological polar surface area (TPSA) is 128 Å². The first-order valence-corrected chi connectivity index (χ1v) is 10.0. The third kappa shape index (κ3) is 4.72. The van der Waals surface area contributed by atoms with E-state index in [2.05, 4.69) is 20.7 Å². The molecule has 2 aromatic carbocycles. The first-order valence-electron chi connectivity index (χ1n) is 10.0. The molecule has 4 rings (SSSR count). The van der Waals surface area contributed by atoms with Crippen molar-refractivity contribution >= 4 is 23.1 Å². The van der Waals surface area contributed by atoms with Crippen LogP contribution < -0.4 is 27.1 Å². The number of ether oxygens (including phenoxy) is 1. The Kier molecular flexibility index (Phi) is 5.94. The van der Waals surface area contributed by atoms with Gasteiger partial charge < -0.3 is 21.2 Å². The number of anilines is 3. The molecule has 8 nitrogen and oxygen atoms in total. The van der Waals surface area contributed by atoms with Gasteiger partial charge >= 0.3 is 0 Å². The SMILES string of the molecule is NNc1nc(-c2ccc(F)c(C(=O)Nc3ccc(OC4CCCC4)cc3)c2)ncc1N. The van der Waals surface area contributed by atoms with Crippen LogP contribution >= 0.6 is 0 Å². The number of nitrogens with zero attached hydrogens (tertiary/aromatic N) is 2. The lowest BCUT2D eigenvalue weighted by Gasteiger charge is -2.13. The van der Waals surface area contributed by atoms with Crippen molar-refractivity contribution in [1.82, 2.24) is 9.97 Å². The van der Waals surface area contributed by atoms with E-state index in [0.29, 0.717) is 11.3 Å². The van der Waals surface area contributed by atoms with Crippen LogP contribution in [0.5, 0.6) is 5.75 Å². The highest BCUT2D eigenvalue weighted by Crippen LogP contribution is 2.26. The van der Waals surface area contributed by atoms with Crippen molar-refractivity contribution in [2.75, 3.05) is 16.5 Å². The van der Waals surface area contributed by atoms with Crippen LogP contribution in [0.4, 0.5) is 21.6 Å². The van der Waals surface area contributed by atoms with E-state index in [1.165, 1.54) is 37.2 Å². The minimum absolute atomic E-state index is 0.133. The van der Waals surface area contributed by atoms with Crippen LogP contribution in [0.25, 0.3) is 11.4 Å². The molecule has 0 aliphatic heterocycles. The molecule has 31 heavy (non-hydrogen) atoms. The molecule has 0 spiro atoms. The highest BCUT2D eigenvalue weighted by molar-refractivity contribution is 6.05. The zero-order valence-electron chi connectivity index (χ0n) is 16.8. The maximum absolute atomic E-state index is 14.4. The average molecular weight is 422 g/mol. The van der Waals surface area contributed by atoms with Gasteiger partial charge in [0.2, 0.25) is 0 Å². The normalized spacial score (nSPS) is 13.7. The summed E-state index contributed by atoms with van der Waals surface area (Å²) >= 11 is 0. The average Bonchev–Trinajstić information content (AvgIpc) is 3.29. The smallest absolute Gasteiger partial charge is 0.258 e. The van der Waals surface area contributed by atoms with Gasteiger partial charge in [-0.1, -0.05) is 0 Å². The number of amides is 1. The minimum atomic E-state index is -0.657. The second kappa shape index (κ2) is 8.97. The van der Waals surface area contributed by atoms with Gasteiger partial charge in [-0.05, 0) is 68.1 Å². The third-order valence-corrected chi connectivity index (χ3v) is 5.14. The molecule has 1 saturated carbocycles. The molecule has 0 radical (unpaired) electrons. The van der Waals surface area contributed by atoms with Crippen LogP contribution in [0.2, 0.25) is 0 Å². The largest absolute Gasteiger partial charge is 0.490 e. The van der Waals surface area contributed by atoms with Crippen molar-refractivity contribution in [3.05, 3.63) is 60.0 Å². The van der Waals surface area contributed by atoms with Gasteiger partial charge in [-0.3, -0.25) is 4.79 Å². The lowest BCUT2D eigenvalue weighted by molar-refractivity contribution is 0.102. The van der Waals surface area contributed by atoms with Gasteiger partial charge in [0.1, 0.15) is 11.6 Å². The fraction of sp³-hybridized carbons (Fsp3) is 0.227. The Morgan fingerprint density at radius 2 is 1.87 bits per heavy atom.